The molecule has 0 unspecified atom stereocenters. The number of carbonyl (C=O) groups excluding carboxylic acids is 2. The number of urea groups is 1. The van der Waals surface area contributed by atoms with E-state index in [4.69, 9.17) is 14.0 Å². The average Bonchev–Trinajstić information content (AvgIpc) is 3.41. The summed E-state index contributed by atoms with van der Waals surface area (Å²) in [7, 11) is 1.49. The summed E-state index contributed by atoms with van der Waals surface area (Å²) in [6.45, 7) is 1.85. The van der Waals surface area contributed by atoms with Crippen LogP contribution in [0.5, 0.6) is 11.5 Å². The first-order valence-corrected chi connectivity index (χ1v) is 12.8. The number of ether oxygens (including phenoxy) is 2. The molecule has 1 aromatic heterocycles. The van der Waals surface area contributed by atoms with Gasteiger partial charge in [0.1, 0.15) is 48.9 Å². The van der Waals surface area contributed by atoms with E-state index in [-0.39, 0.29) is 32.5 Å². The highest BCUT2D eigenvalue weighted by atomic mass is 32.2. The van der Waals surface area contributed by atoms with Crippen molar-refractivity contribution in [3.8, 4) is 11.5 Å². The van der Waals surface area contributed by atoms with E-state index >= 15 is 0 Å². The topological polar surface area (TPSA) is 157 Å². The Morgan fingerprint density at radius 1 is 1.15 bits per heavy atom. The minimum Gasteiger partial charge on any atom is -0.486 e. The van der Waals surface area contributed by atoms with Crippen LogP contribution in [0.3, 0.4) is 0 Å². The summed E-state index contributed by atoms with van der Waals surface area (Å²) < 4.78 is 48.9. The summed E-state index contributed by atoms with van der Waals surface area (Å²) in [6, 6.07) is 9.88. The number of likely N-dealkylation sites (N-methyl/N-ethyl adjacent to an activating group) is 1. The molecule has 2 aromatic carbocycles. The summed E-state index contributed by atoms with van der Waals surface area (Å²) in [5, 5.41) is 5.58. The van der Waals surface area contributed by atoms with Crippen LogP contribution >= 0.6 is 12.2 Å². The molecular formula is C26H33F2N5O6S. The second-order valence-electron chi connectivity index (χ2n) is 8.61. The number of hydrogen-bond acceptors (Lipinski definition) is 8. The number of carbonyl (C=O) groups is 2. The van der Waals surface area contributed by atoms with Crippen molar-refractivity contribution in [2.45, 2.75) is 18.9 Å². The third-order valence-corrected chi connectivity index (χ3v) is 6.20. The molecule has 2 aliphatic rings. The Labute approximate surface area is 236 Å². The lowest BCUT2D eigenvalue weighted by molar-refractivity contribution is -0.120. The largest absolute Gasteiger partial charge is 0.486 e. The normalized spacial score (nSPS) is 13.3. The van der Waals surface area contributed by atoms with Gasteiger partial charge in [-0.2, -0.15) is 0 Å². The molecule has 6 N–H and O–H groups in total. The summed E-state index contributed by atoms with van der Waals surface area (Å²) in [5.74, 6) is -0.0508. The van der Waals surface area contributed by atoms with E-state index in [0.717, 1.165) is 30.9 Å². The highest BCUT2D eigenvalue weighted by Gasteiger charge is 2.27. The van der Waals surface area contributed by atoms with Crippen LogP contribution in [0, 0.1) is 11.6 Å². The van der Waals surface area contributed by atoms with Gasteiger partial charge >= 0.3 is 6.03 Å². The monoisotopic (exact) mass is 581 g/mol. The molecule has 11 nitrogen and oxygen atoms in total. The van der Waals surface area contributed by atoms with Gasteiger partial charge in [-0.05, 0) is 47.9 Å². The van der Waals surface area contributed by atoms with Crippen LogP contribution in [0.1, 0.15) is 14.0 Å². The van der Waals surface area contributed by atoms with Crippen LogP contribution in [0.25, 0.3) is 0 Å². The van der Waals surface area contributed by atoms with Gasteiger partial charge in [-0.25, -0.2) is 18.6 Å². The molecule has 0 radical (unpaired) electrons. The fourth-order valence-electron chi connectivity index (χ4n) is 4.11. The third-order valence-electron chi connectivity index (χ3n) is 5.93. The van der Waals surface area contributed by atoms with Crippen molar-refractivity contribution in [1.82, 2.24) is 15.0 Å². The van der Waals surface area contributed by atoms with E-state index in [9.17, 15) is 18.4 Å². The van der Waals surface area contributed by atoms with Crippen molar-refractivity contribution in [2.24, 2.45) is 0 Å². The number of aromatic nitrogens is 1. The SMILES string of the molecule is CN(C(=O)[C@H](Cc1cc(F)cc(F)c1)NC(=O)NSO)c1ccc2c(c1)OCCO2.O.[HH].[HH].c1cnc2c(c1)CCN2. The highest BCUT2D eigenvalue weighted by Crippen LogP contribution is 2.34. The summed E-state index contributed by atoms with van der Waals surface area (Å²) in [5.41, 5.74) is 1.99. The van der Waals surface area contributed by atoms with E-state index in [1.807, 2.05) is 17.0 Å². The molecule has 14 heteroatoms. The highest BCUT2D eigenvalue weighted by molar-refractivity contribution is 7.92. The van der Waals surface area contributed by atoms with E-state index < -0.39 is 29.6 Å². The molecule has 0 saturated carbocycles. The molecule has 0 fully saturated rings. The van der Waals surface area contributed by atoms with E-state index in [2.05, 4.69) is 21.7 Å². The van der Waals surface area contributed by atoms with E-state index in [1.165, 1.54) is 17.5 Å². The number of hydrogen-bond donors (Lipinski definition) is 4. The molecule has 218 valence electrons. The Bertz CT molecular complexity index is 1300. The van der Waals surface area contributed by atoms with Gasteiger partial charge in [0.2, 0.25) is 5.91 Å². The van der Waals surface area contributed by atoms with Crippen LogP contribution in [-0.2, 0) is 17.6 Å². The lowest BCUT2D eigenvalue weighted by atomic mass is 10.0. The van der Waals surface area contributed by atoms with Crippen molar-refractivity contribution in [1.29, 1.82) is 0 Å². The van der Waals surface area contributed by atoms with Gasteiger partial charge in [0.25, 0.3) is 0 Å². The fourth-order valence-corrected chi connectivity index (χ4v) is 4.25. The molecule has 2 aliphatic heterocycles. The smallest absolute Gasteiger partial charge is 0.327 e. The molecule has 3 aromatic rings. The Balaban J connectivity index is 0.000000624. The Hall–Kier alpha value is -4.14. The second-order valence-corrected chi connectivity index (χ2v) is 9.00. The molecule has 0 aliphatic carbocycles. The first kappa shape index (κ1) is 30.4. The lowest BCUT2D eigenvalue weighted by Gasteiger charge is -2.26. The standard InChI is InChI=1S/C19H19F2N3O5S.C7H8N2.H2O.2H2/c1-24(14-2-3-16-17(10-14)29-5-4-28-16)18(25)15(22-19(26)23-30-27)8-11-6-12(20)9-13(21)7-11;1-2-6-3-5-9-7(6)8-4-1;;;/h2-3,6-7,9-10,15,27H,4-5,8H2,1H3,(H2,22,23,26);1-2,4H,3,5H2,(H,8,9);1H2;2*1H/t15-;;;;/m0..../s1. The number of rotatable bonds is 6. The average molecular weight is 582 g/mol. The van der Waals surface area contributed by atoms with E-state index in [1.54, 1.807) is 18.2 Å². The number of nitrogens with zero attached hydrogens (tertiary/aromatic N) is 2. The zero-order chi connectivity index (χ0) is 27.8. The van der Waals surface area contributed by atoms with Crippen molar-refractivity contribution in [3.63, 3.8) is 0 Å². The Morgan fingerprint density at radius 2 is 1.88 bits per heavy atom. The number of pyridine rings is 1. The van der Waals surface area contributed by atoms with Crippen molar-refractivity contribution < 1.29 is 40.7 Å². The number of anilines is 2. The second kappa shape index (κ2) is 14.3. The van der Waals surface area contributed by atoms with Gasteiger partial charge in [0, 0.05) is 46.9 Å². The maximum absolute atomic E-state index is 13.5. The van der Waals surface area contributed by atoms with Gasteiger partial charge < -0.3 is 35.0 Å². The zero-order valence-corrected chi connectivity index (χ0v) is 22.3. The molecular weight excluding hydrogens is 548 g/mol. The minimum atomic E-state index is -1.17. The van der Waals surface area contributed by atoms with Crippen LogP contribution in [0.15, 0.2) is 54.7 Å². The van der Waals surface area contributed by atoms with Crippen LogP contribution in [0.4, 0.5) is 25.1 Å². The molecule has 1 atom stereocenters. The number of nitrogens with one attached hydrogen (secondary N) is 3. The first-order valence-electron chi connectivity index (χ1n) is 12.0. The number of benzene rings is 2. The molecule has 40 heavy (non-hydrogen) atoms. The summed E-state index contributed by atoms with van der Waals surface area (Å²) >= 11 is 0.0575. The minimum absolute atomic E-state index is 0. The van der Waals surface area contributed by atoms with Crippen LogP contribution in [0.2, 0.25) is 0 Å². The Kier molecular flexibility index (Phi) is 10.9. The Morgan fingerprint density at radius 3 is 2.58 bits per heavy atom. The quantitative estimate of drug-likeness (QED) is 0.255. The third kappa shape index (κ3) is 7.94. The number of amides is 3. The van der Waals surface area contributed by atoms with Gasteiger partial charge in [0.15, 0.2) is 11.5 Å². The van der Waals surface area contributed by atoms with Gasteiger partial charge in [-0.1, -0.05) is 6.07 Å². The molecule has 5 rings (SSSR count). The fraction of sp³-hybridized carbons (Fsp3) is 0.269. The lowest BCUT2D eigenvalue weighted by Crippen LogP contribution is -2.50. The van der Waals surface area contributed by atoms with Crippen molar-refractivity contribution in [2.75, 3.05) is 37.0 Å². The first-order chi connectivity index (χ1) is 18.8. The predicted molar refractivity (Wildman–Crippen MR) is 151 cm³/mol. The van der Waals surface area contributed by atoms with Crippen molar-refractivity contribution in [3.05, 3.63) is 77.5 Å². The van der Waals surface area contributed by atoms with Crippen molar-refractivity contribution >= 4 is 35.7 Å². The van der Waals surface area contributed by atoms with Crippen LogP contribution in [-0.4, -0.2) is 59.8 Å². The predicted octanol–water partition coefficient (Wildman–Crippen LogP) is 3.45. The van der Waals surface area contributed by atoms with Gasteiger partial charge in [-0.3, -0.25) is 9.52 Å². The van der Waals surface area contributed by atoms with Gasteiger partial charge in [-0.15, -0.1) is 0 Å². The van der Waals surface area contributed by atoms with Crippen LogP contribution < -0.4 is 29.7 Å². The molecule has 0 spiro atoms. The maximum Gasteiger partial charge on any atom is 0.327 e. The zero-order valence-electron chi connectivity index (χ0n) is 21.4. The summed E-state index contributed by atoms with van der Waals surface area (Å²) in [6.07, 6.45) is 2.77. The molecule has 3 heterocycles. The number of fused-ring (bicyclic) bond motifs is 2. The molecule has 3 amide bonds. The maximum atomic E-state index is 13.5. The number of halogens is 2. The van der Waals surface area contributed by atoms with Gasteiger partial charge in [0.05, 0.1) is 0 Å². The molecule has 0 saturated heterocycles. The molecule has 0 bridgehead atoms. The summed E-state index contributed by atoms with van der Waals surface area (Å²) in [4.78, 5) is 30.4. The van der Waals surface area contributed by atoms with E-state index in [0.29, 0.717) is 36.5 Å².